The Kier molecular flexibility index (Phi) is 4.04. The first-order chi connectivity index (χ1) is 7.63. The highest BCUT2D eigenvalue weighted by atomic mass is 79.9. The molecule has 0 radical (unpaired) electrons. The maximum absolute atomic E-state index is 3.73. The first-order valence-corrected chi connectivity index (χ1v) is 6.98. The molecular formula is C14H20BrN. The van der Waals surface area contributed by atoms with Gasteiger partial charge in [0.25, 0.3) is 0 Å². The van der Waals surface area contributed by atoms with Crippen molar-refractivity contribution in [1.82, 2.24) is 4.90 Å². The third-order valence-electron chi connectivity index (χ3n) is 3.14. The normalized spacial score (nSPS) is 22.3. The predicted octanol–water partition coefficient (Wildman–Crippen LogP) is 3.66. The van der Waals surface area contributed by atoms with E-state index >= 15 is 0 Å². The van der Waals surface area contributed by atoms with Crippen LogP contribution in [0.2, 0.25) is 0 Å². The van der Waals surface area contributed by atoms with Gasteiger partial charge in [-0.1, -0.05) is 45.3 Å². The molecule has 0 N–H and O–H groups in total. The Morgan fingerprint density at radius 3 is 2.56 bits per heavy atom. The van der Waals surface area contributed by atoms with Crippen LogP contribution in [0.4, 0.5) is 0 Å². The molecule has 1 unspecified atom stereocenters. The van der Waals surface area contributed by atoms with Crippen LogP contribution in [0.1, 0.15) is 29.5 Å². The van der Waals surface area contributed by atoms with E-state index < -0.39 is 0 Å². The highest BCUT2D eigenvalue weighted by Gasteiger charge is 2.17. The third-order valence-corrected chi connectivity index (χ3v) is 3.88. The molecule has 1 aromatic rings. The minimum absolute atomic E-state index is 0.687. The molecule has 1 fully saturated rings. The molecule has 1 nitrogen and oxygen atoms in total. The zero-order valence-corrected chi connectivity index (χ0v) is 11.8. The topological polar surface area (TPSA) is 3.24 Å². The van der Waals surface area contributed by atoms with Gasteiger partial charge < -0.3 is 0 Å². The summed E-state index contributed by atoms with van der Waals surface area (Å²) in [6, 6.07) is 6.86. The average molecular weight is 282 g/mol. The molecule has 0 aromatic heterocycles. The summed E-state index contributed by atoms with van der Waals surface area (Å²) in [5.41, 5.74) is 4.21. The number of alkyl halides is 1. The summed E-state index contributed by atoms with van der Waals surface area (Å²) >= 11 is 3.73. The molecule has 0 amide bonds. The number of aryl methyl sites for hydroxylation is 2. The molecular weight excluding hydrogens is 262 g/mol. The lowest BCUT2D eigenvalue weighted by Crippen LogP contribution is -2.35. The Balaban J connectivity index is 2.02. The Morgan fingerprint density at radius 1 is 1.25 bits per heavy atom. The van der Waals surface area contributed by atoms with E-state index in [2.05, 4.69) is 52.9 Å². The predicted molar refractivity (Wildman–Crippen MR) is 73.1 cm³/mol. The van der Waals surface area contributed by atoms with Crippen molar-refractivity contribution in [3.63, 3.8) is 0 Å². The van der Waals surface area contributed by atoms with Crippen molar-refractivity contribution in [2.75, 3.05) is 13.1 Å². The number of likely N-dealkylation sites (tertiary alicyclic amines) is 1. The molecule has 1 aliphatic heterocycles. The van der Waals surface area contributed by atoms with Crippen LogP contribution in [-0.2, 0) is 6.54 Å². The van der Waals surface area contributed by atoms with E-state index in [0.29, 0.717) is 4.83 Å². The fourth-order valence-corrected chi connectivity index (χ4v) is 3.29. The molecule has 1 aromatic carbocycles. The Morgan fingerprint density at radius 2 is 1.94 bits per heavy atom. The first-order valence-electron chi connectivity index (χ1n) is 6.07. The number of hydrogen-bond acceptors (Lipinski definition) is 1. The average Bonchev–Trinajstić information content (AvgIpc) is 2.15. The molecule has 1 aliphatic rings. The van der Waals surface area contributed by atoms with Gasteiger partial charge in [0.15, 0.2) is 0 Å². The number of rotatable bonds is 2. The van der Waals surface area contributed by atoms with Crippen molar-refractivity contribution in [2.45, 2.75) is 38.1 Å². The Hall–Kier alpha value is -0.340. The van der Waals surface area contributed by atoms with Gasteiger partial charge in [-0.2, -0.15) is 0 Å². The van der Waals surface area contributed by atoms with Gasteiger partial charge in [0.05, 0.1) is 0 Å². The second-order valence-corrected chi connectivity index (χ2v) is 6.27. The van der Waals surface area contributed by atoms with E-state index in [1.165, 1.54) is 42.6 Å². The minimum atomic E-state index is 0.687. The summed E-state index contributed by atoms with van der Waals surface area (Å²) in [7, 11) is 0. The summed E-state index contributed by atoms with van der Waals surface area (Å²) in [4.78, 5) is 3.24. The lowest BCUT2D eigenvalue weighted by molar-refractivity contribution is 0.228. The molecule has 0 saturated carbocycles. The first kappa shape index (κ1) is 12.1. The van der Waals surface area contributed by atoms with Crippen molar-refractivity contribution in [3.8, 4) is 0 Å². The van der Waals surface area contributed by atoms with Crippen molar-refractivity contribution >= 4 is 15.9 Å². The second kappa shape index (κ2) is 5.33. The minimum Gasteiger partial charge on any atom is -0.298 e. The molecule has 0 bridgehead atoms. The van der Waals surface area contributed by atoms with Crippen LogP contribution in [-0.4, -0.2) is 22.8 Å². The second-order valence-electron chi connectivity index (χ2n) is 4.97. The van der Waals surface area contributed by atoms with E-state index in [-0.39, 0.29) is 0 Å². The Bertz CT molecular complexity index is 342. The molecule has 16 heavy (non-hydrogen) atoms. The monoisotopic (exact) mass is 281 g/mol. The van der Waals surface area contributed by atoms with Gasteiger partial charge in [0.1, 0.15) is 0 Å². The molecule has 2 rings (SSSR count). The van der Waals surface area contributed by atoms with Crippen LogP contribution >= 0.6 is 15.9 Å². The van der Waals surface area contributed by atoms with Gasteiger partial charge in [0, 0.05) is 17.9 Å². The van der Waals surface area contributed by atoms with Crippen molar-refractivity contribution in [1.29, 1.82) is 0 Å². The van der Waals surface area contributed by atoms with Crippen LogP contribution in [0.5, 0.6) is 0 Å². The van der Waals surface area contributed by atoms with Crippen molar-refractivity contribution in [2.24, 2.45) is 0 Å². The standard InChI is InChI=1S/C14H20BrN/c1-11-6-12(2)8-13(7-11)9-16-5-3-4-14(15)10-16/h6-8,14H,3-5,9-10H2,1-2H3. The van der Waals surface area contributed by atoms with Gasteiger partial charge in [-0.3, -0.25) is 4.90 Å². The number of benzene rings is 1. The van der Waals surface area contributed by atoms with Crippen LogP contribution in [0, 0.1) is 13.8 Å². The SMILES string of the molecule is Cc1cc(C)cc(CN2CCCC(Br)C2)c1. The fraction of sp³-hybridized carbons (Fsp3) is 0.571. The van der Waals surface area contributed by atoms with E-state index in [9.17, 15) is 0 Å². The van der Waals surface area contributed by atoms with Gasteiger partial charge in [-0.15, -0.1) is 0 Å². The molecule has 1 saturated heterocycles. The highest BCUT2D eigenvalue weighted by molar-refractivity contribution is 9.09. The van der Waals surface area contributed by atoms with Crippen LogP contribution in [0.25, 0.3) is 0 Å². The maximum Gasteiger partial charge on any atom is 0.0273 e. The lowest BCUT2D eigenvalue weighted by atomic mass is 10.1. The van der Waals surface area contributed by atoms with Gasteiger partial charge >= 0.3 is 0 Å². The number of nitrogens with zero attached hydrogens (tertiary/aromatic N) is 1. The molecule has 2 heteroatoms. The number of hydrogen-bond donors (Lipinski definition) is 0. The molecule has 1 atom stereocenters. The van der Waals surface area contributed by atoms with Gasteiger partial charge in [-0.25, -0.2) is 0 Å². The summed E-state index contributed by atoms with van der Waals surface area (Å²) in [6.07, 6.45) is 2.64. The van der Waals surface area contributed by atoms with E-state index in [1.807, 2.05) is 0 Å². The summed E-state index contributed by atoms with van der Waals surface area (Å²) in [5.74, 6) is 0. The molecule has 0 aliphatic carbocycles. The van der Waals surface area contributed by atoms with Crippen LogP contribution in [0.15, 0.2) is 18.2 Å². The maximum atomic E-state index is 3.73. The summed E-state index contributed by atoms with van der Waals surface area (Å²) < 4.78 is 0. The van der Waals surface area contributed by atoms with Crippen LogP contribution in [0.3, 0.4) is 0 Å². The lowest BCUT2D eigenvalue weighted by Gasteiger charge is -2.30. The van der Waals surface area contributed by atoms with Gasteiger partial charge in [-0.05, 0) is 38.8 Å². The summed E-state index contributed by atoms with van der Waals surface area (Å²) in [5, 5.41) is 0. The van der Waals surface area contributed by atoms with Crippen molar-refractivity contribution < 1.29 is 0 Å². The zero-order valence-electron chi connectivity index (χ0n) is 10.2. The third kappa shape index (κ3) is 3.33. The number of piperidine rings is 1. The smallest absolute Gasteiger partial charge is 0.0273 e. The van der Waals surface area contributed by atoms with Crippen LogP contribution < -0.4 is 0 Å². The van der Waals surface area contributed by atoms with Crippen molar-refractivity contribution in [3.05, 3.63) is 34.9 Å². The fourth-order valence-electron chi connectivity index (χ4n) is 2.56. The van der Waals surface area contributed by atoms with Gasteiger partial charge in [0.2, 0.25) is 0 Å². The summed E-state index contributed by atoms with van der Waals surface area (Å²) in [6.45, 7) is 7.90. The highest BCUT2D eigenvalue weighted by Crippen LogP contribution is 2.19. The Labute approximate surface area is 107 Å². The van der Waals surface area contributed by atoms with E-state index in [1.54, 1.807) is 0 Å². The molecule has 1 heterocycles. The van der Waals surface area contributed by atoms with E-state index in [4.69, 9.17) is 0 Å². The number of halogens is 1. The largest absolute Gasteiger partial charge is 0.298 e. The molecule has 0 spiro atoms. The van der Waals surface area contributed by atoms with E-state index in [0.717, 1.165) is 6.54 Å². The quantitative estimate of drug-likeness (QED) is 0.748. The molecule has 88 valence electrons. The zero-order chi connectivity index (χ0) is 11.5.